The number of ether oxygens (including phenoxy) is 9. The zero-order valence-electron chi connectivity index (χ0n) is 85.3. The Kier molecular flexibility index (Phi) is 47.6. The molecule has 0 unspecified atom stereocenters. The van der Waals surface area contributed by atoms with Crippen molar-refractivity contribution in [2.24, 2.45) is 29.6 Å². The molecule has 0 spiro atoms. The highest BCUT2D eigenvalue weighted by Gasteiger charge is 2.22. The number of nitrogens with one attached hydrogen (secondary N) is 10. The van der Waals surface area contributed by atoms with Crippen LogP contribution in [0.4, 0.5) is 0 Å². The fourth-order valence-corrected chi connectivity index (χ4v) is 21.5. The van der Waals surface area contributed by atoms with Crippen molar-refractivity contribution in [2.45, 2.75) is 257 Å². The summed E-state index contributed by atoms with van der Waals surface area (Å²) in [4.78, 5) is 146. The summed E-state index contributed by atoms with van der Waals surface area (Å²) in [5.74, 6) is 9.66. The summed E-state index contributed by atoms with van der Waals surface area (Å²) in [5.41, 5.74) is -0.825. The van der Waals surface area contributed by atoms with Gasteiger partial charge in [0.1, 0.15) is 59.2 Å². The van der Waals surface area contributed by atoms with Gasteiger partial charge in [-0.15, -0.1) is 0 Å². The average Bonchev–Trinajstić information content (AvgIpc) is 0.816. The molecule has 0 bridgehead atoms. The third-order valence-electron chi connectivity index (χ3n) is 27.5. The predicted molar refractivity (Wildman–Crippen MR) is 599 cm³/mol. The van der Waals surface area contributed by atoms with E-state index < -0.39 is 55.6 Å². The van der Waals surface area contributed by atoms with E-state index in [2.05, 4.69) is 121 Å². The first-order valence-electron chi connectivity index (χ1n) is 51.9. The van der Waals surface area contributed by atoms with Crippen LogP contribution in [0.15, 0.2) is 125 Å². The van der Waals surface area contributed by atoms with Crippen LogP contribution in [-0.4, -0.2) is 111 Å². The van der Waals surface area contributed by atoms with Crippen LogP contribution in [0.3, 0.4) is 0 Å². The van der Waals surface area contributed by atoms with Crippen molar-refractivity contribution in [1.29, 1.82) is 0 Å². The van der Waals surface area contributed by atoms with Crippen LogP contribution in [0, 0.1) is 33.2 Å². The molecule has 29 nitrogen and oxygen atoms in total. The van der Waals surface area contributed by atoms with Crippen LogP contribution in [0.5, 0.6) is 51.7 Å². The summed E-state index contributed by atoms with van der Waals surface area (Å²) in [6.07, 6.45) is 59.2. The number of hydrogen-bond acceptors (Lipinski definition) is 19. The van der Waals surface area contributed by atoms with Crippen LogP contribution in [0.2, 0.25) is 10.0 Å². The fourth-order valence-electron chi connectivity index (χ4n) is 19.7. The molecule has 0 amide bonds. The number of hydrogen-bond donors (Lipinski definition) is 10. The highest BCUT2D eigenvalue weighted by Crippen LogP contribution is 2.41. The highest BCUT2D eigenvalue weighted by atomic mass is 127. The Labute approximate surface area is 886 Å². The maximum absolute atomic E-state index is 12.1. The molecule has 5 fully saturated rings. The maximum Gasteiger partial charge on any atom is 0.262 e. The minimum Gasteiger partial charge on any atom is -0.493 e. The molecule has 10 N–H and O–H groups in total. The van der Waals surface area contributed by atoms with Gasteiger partial charge in [-0.25, -0.2) is 0 Å². The summed E-state index contributed by atoms with van der Waals surface area (Å²) in [7, 11) is 6.28. The number of methoxy groups -OCH3 is 4. The zero-order valence-corrected chi connectivity index (χ0v) is 90.6. The van der Waals surface area contributed by atoms with Crippen LogP contribution < -0.4 is 152 Å². The molecular weight excluding hydrogens is 2090 g/mol. The van der Waals surface area contributed by atoms with Gasteiger partial charge in [0.15, 0.2) is 46.0 Å². The second-order valence-electron chi connectivity index (χ2n) is 38.7. The lowest BCUT2D eigenvalue weighted by Crippen LogP contribution is -2.47. The zero-order chi connectivity index (χ0) is 105. The number of unbranched alkanes of at least 4 members (excludes halogenated alkanes) is 5. The van der Waals surface area contributed by atoms with Gasteiger partial charge in [-0.2, -0.15) is 0 Å². The number of aromatic amines is 10. The van der Waals surface area contributed by atoms with Gasteiger partial charge >= 0.3 is 0 Å². The van der Waals surface area contributed by atoms with E-state index in [0.29, 0.717) is 127 Å². The van der Waals surface area contributed by atoms with E-state index in [4.69, 9.17) is 65.8 Å². The minimum atomic E-state index is -0.517. The van der Waals surface area contributed by atoms with Crippen molar-refractivity contribution in [1.82, 2.24) is 49.8 Å². The van der Waals surface area contributed by atoms with Gasteiger partial charge in [0.05, 0.1) is 74.5 Å². The average molecular weight is 2240 g/mol. The highest BCUT2D eigenvalue weighted by molar-refractivity contribution is 14.1. The summed E-state index contributed by atoms with van der Waals surface area (Å²) < 4.78 is 53.2. The second kappa shape index (κ2) is 60.6. The van der Waals surface area contributed by atoms with Gasteiger partial charge in [-0.05, 0) is 252 Å². The first-order valence-corrected chi connectivity index (χ1v) is 54.6. The molecule has 15 rings (SSSR count). The molecule has 0 saturated heterocycles. The van der Waals surface area contributed by atoms with E-state index in [1.807, 2.05) is 6.07 Å². The molecule has 5 aliphatic rings. The lowest BCUT2D eigenvalue weighted by atomic mass is 9.86. The Balaban J connectivity index is 0.000000175. The van der Waals surface area contributed by atoms with Crippen molar-refractivity contribution < 1.29 is 42.6 Å². The normalized spacial score (nSPS) is 14.5. The van der Waals surface area contributed by atoms with E-state index >= 15 is 0 Å². The SMILES string of the molecule is C=c1[nH]c(=O)c(=Cc2cc(Br)c(OCCCCC3CCCCC3)c(OC)c2)c(=O)[nH]1.C=c1[nH]c(=O)c(=Cc2cc(Cl)c(OCCCCC3CCCCC3)c(OC)c2)c(=O)[nH]1.C=c1[nH]c(=O)c(=Cc2cc(Cl)ccc2OCCCCC2CCCCC2)c(=O)[nH]1.C=c1[nH]c(=O)c(=Cc2cc(I)c(OCCCCC3CCCCC3)c(OC)c2)c(=O)[nH]1.C=c1[nH]c(=O)c(=Cc2ccc(OC)c(OCCCCC3CCCCC3)c2)c(=O)[nH]1. The van der Waals surface area contributed by atoms with Crippen LogP contribution in [0.25, 0.3) is 63.3 Å². The maximum atomic E-state index is 12.1. The van der Waals surface area contributed by atoms with Gasteiger partial charge in [0, 0.05) is 10.6 Å². The van der Waals surface area contributed by atoms with Gasteiger partial charge in [-0.3, -0.25) is 47.9 Å². The van der Waals surface area contributed by atoms with E-state index in [1.165, 1.54) is 249 Å². The second-order valence-corrected chi connectivity index (χ2v) is 41.5. The third-order valence-corrected chi connectivity index (χ3v) is 29.4. The molecule has 0 atom stereocenters. The summed E-state index contributed by atoms with van der Waals surface area (Å²) in [6, 6.07) is 21.1. The Bertz CT molecular complexity index is 6710. The lowest BCUT2D eigenvalue weighted by molar-refractivity contribution is 0.270. The molecule has 5 aromatic carbocycles. The van der Waals surface area contributed by atoms with E-state index in [-0.39, 0.29) is 53.5 Å². The van der Waals surface area contributed by atoms with Crippen molar-refractivity contribution in [2.75, 3.05) is 61.5 Å². The molecule has 33 heteroatoms. The van der Waals surface area contributed by atoms with Gasteiger partial charge in [0.25, 0.3) is 55.6 Å². The fraction of sp³-hybridized carbons (Fsp3) is 0.474. The van der Waals surface area contributed by atoms with E-state index in [0.717, 1.165) is 78.1 Å². The Hall–Kier alpha value is -11.8. The third kappa shape index (κ3) is 37.5. The minimum absolute atomic E-state index is 0.00295. The van der Waals surface area contributed by atoms with Crippen molar-refractivity contribution in [3.8, 4) is 51.7 Å². The van der Waals surface area contributed by atoms with Gasteiger partial charge in [0.2, 0.25) is 0 Å². The van der Waals surface area contributed by atoms with Gasteiger partial charge in [-0.1, -0.05) is 255 Å². The lowest BCUT2D eigenvalue weighted by Gasteiger charge is -2.21. The van der Waals surface area contributed by atoms with Crippen molar-refractivity contribution >= 4 is 125 Å². The van der Waals surface area contributed by atoms with Crippen LogP contribution in [0.1, 0.15) is 285 Å². The number of H-pyrrole nitrogens is 10. The molecule has 5 heterocycles. The van der Waals surface area contributed by atoms with Crippen molar-refractivity contribution in [3.05, 3.63) is 276 Å². The summed E-state index contributed by atoms with van der Waals surface area (Å²) in [5, 5.41) is 0.908. The number of halogens is 4. The molecule has 5 aliphatic carbocycles. The molecule has 5 saturated carbocycles. The topological polar surface area (TPSA) is 412 Å². The molecule has 0 radical (unpaired) electrons. The molecule has 10 aromatic rings. The standard InChI is InChI=1S/C23H29BrN2O4.C23H29ClN2O4.C23H29IN2O4.C23H30N2O4.C22H27ClN2O3/c3*1-15-25-22(27)18(23(28)26-15)12-17-13-19(24)21(20(14-17)29-2)30-11-7-6-10-16-8-4-3-5-9-16;1-16-24-22(26)19(23(27)25-16)14-18-11-12-20(28-2)21(15-18)29-13-7-6-10-17-8-4-3-5-9-17;1-15-24-21(26)19(22(27)25-15)14-17-13-18(23)10-11-20(17)28-12-6-5-9-16-7-3-2-4-8-16/h3*12-14,16H,1,3-11H2,2H3,(H,25,27)(H,26,28);11-12,14-15,17H,1,3-10,13H2,2H3,(H,24,26)(H,25,27);10-11,13-14,16H,1-9,12H2,(H,24,26)(H,25,27). The molecule has 5 aromatic heterocycles. The Morgan fingerprint density at radius 1 is 0.293 bits per heavy atom. The molecule has 147 heavy (non-hydrogen) atoms. The predicted octanol–water partition coefficient (Wildman–Crippen LogP) is 14.9. The number of aromatic nitrogens is 10. The van der Waals surface area contributed by atoms with Crippen molar-refractivity contribution in [3.63, 3.8) is 0 Å². The molecule has 0 aliphatic heterocycles. The Morgan fingerprint density at radius 2 is 0.558 bits per heavy atom. The molecular formula is C114H144BrCl2IN10O19. The Morgan fingerprint density at radius 3 is 0.898 bits per heavy atom. The monoisotopic (exact) mass is 2230 g/mol. The van der Waals surface area contributed by atoms with Crippen LogP contribution in [-0.2, 0) is 0 Å². The first-order chi connectivity index (χ1) is 71.0. The quantitative estimate of drug-likeness (QED) is 0.0126. The number of rotatable bonds is 39. The summed E-state index contributed by atoms with van der Waals surface area (Å²) in [6.45, 7) is 20.8. The first kappa shape index (κ1) is 115. The summed E-state index contributed by atoms with van der Waals surface area (Å²) >= 11 is 18.2. The number of benzene rings is 5. The van der Waals surface area contributed by atoms with Gasteiger partial charge < -0.3 is 92.5 Å². The smallest absolute Gasteiger partial charge is 0.262 e. The molecule has 792 valence electrons. The largest absolute Gasteiger partial charge is 0.493 e. The van der Waals surface area contributed by atoms with Crippen LogP contribution >= 0.6 is 61.7 Å². The van der Waals surface area contributed by atoms with E-state index in [9.17, 15) is 47.9 Å². The van der Waals surface area contributed by atoms with E-state index in [1.54, 1.807) is 88.1 Å².